The van der Waals surface area contributed by atoms with Gasteiger partial charge < -0.3 is 10.3 Å². The molecule has 0 aliphatic carbocycles. The average molecular weight is 392 g/mol. The number of amides is 1. The Balaban J connectivity index is 1.50. The molecule has 0 aliphatic rings. The summed E-state index contributed by atoms with van der Waals surface area (Å²) in [6, 6.07) is 14.6. The maximum Gasteiger partial charge on any atom is 0.234 e. The normalized spacial score (nSPS) is 10.9. The van der Waals surface area contributed by atoms with Gasteiger partial charge in [0.2, 0.25) is 5.91 Å². The minimum atomic E-state index is -0.345. The number of anilines is 1. The van der Waals surface area contributed by atoms with Crippen LogP contribution >= 0.6 is 11.8 Å². The first-order valence-electron chi connectivity index (χ1n) is 8.68. The lowest BCUT2D eigenvalue weighted by Gasteiger charge is -2.06. The Morgan fingerprint density at radius 3 is 2.79 bits per heavy atom. The van der Waals surface area contributed by atoms with Crippen LogP contribution in [0.3, 0.4) is 0 Å². The lowest BCUT2D eigenvalue weighted by molar-refractivity contribution is -0.113. The number of carbonyl (C=O) groups excluding carboxylic acids is 1. The van der Waals surface area contributed by atoms with E-state index in [0.717, 1.165) is 22.2 Å². The van der Waals surface area contributed by atoms with Gasteiger partial charge >= 0.3 is 0 Å². The fraction of sp³-hybridized carbons (Fsp3) is 0.0952. The van der Waals surface area contributed by atoms with Crippen molar-refractivity contribution in [1.29, 1.82) is 0 Å². The lowest BCUT2D eigenvalue weighted by atomic mass is 10.1. The highest BCUT2D eigenvalue weighted by molar-refractivity contribution is 8.00. The van der Waals surface area contributed by atoms with Gasteiger partial charge in [0.1, 0.15) is 22.7 Å². The van der Waals surface area contributed by atoms with Gasteiger partial charge in [-0.2, -0.15) is 0 Å². The molecule has 2 N–H and O–H groups in total. The molecule has 0 radical (unpaired) electrons. The van der Waals surface area contributed by atoms with E-state index in [-0.39, 0.29) is 17.5 Å². The van der Waals surface area contributed by atoms with E-state index in [1.165, 1.54) is 24.2 Å². The molecule has 0 saturated carbocycles. The molecule has 0 aliphatic heterocycles. The van der Waals surface area contributed by atoms with Crippen molar-refractivity contribution in [3.05, 3.63) is 72.4 Å². The Labute approximate surface area is 165 Å². The second kappa shape index (κ2) is 7.82. The molecule has 4 rings (SSSR count). The number of halogens is 1. The molecule has 5 nitrogen and oxygen atoms in total. The van der Waals surface area contributed by atoms with Crippen LogP contribution in [0.5, 0.6) is 0 Å². The van der Waals surface area contributed by atoms with Crippen molar-refractivity contribution in [2.45, 2.75) is 11.9 Å². The van der Waals surface area contributed by atoms with Crippen LogP contribution in [0.25, 0.3) is 22.2 Å². The van der Waals surface area contributed by atoms with Gasteiger partial charge in [0, 0.05) is 17.4 Å². The molecule has 7 heteroatoms. The van der Waals surface area contributed by atoms with E-state index in [9.17, 15) is 9.18 Å². The van der Waals surface area contributed by atoms with Gasteiger partial charge in [0.05, 0.1) is 11.3 Å². The van der Waals surface area contributed by atoms with Crippen molar-refractivity contribution in [3.63, 3.8) is 0 Å². The molecule has 140 valence electrons. The first kappa shape index (κ1) is 18.2. The molecule has 0 saturated heterocycles. The van der Waals surface area contributed by atoms with Gasteiger partial charge in [-0.3, -0.25) is 4.79 Å². The summed E-state index contributed by atoms with van der Waals surface area (Å²) >= 11 is 1.30. The number of hydrogen-bond acceptors (Lipinski definition) is 4. The van der Waals surface area contributed by atoms with Crippen LogP contribution in [0.1, 0.15) is 5.56 Å². The SMILES string of the molecule is Cc1ccc(NC(=O)CSc2ncnc3c(-c4ccccc4)c[nH]c23)cc1F. The van der Waals surface area contributed by atoms with E-state index in [2.05, 4.69) is 20.3 Å². The minimum Gasteiger partial charge on any atom is -0.357 e. The molecule has 4 aromatic rings. The predicted molar refractivity (Wildman–Crippen MR) is 110 cm³/mol. The summed E-state index contributed by atoms with van der Waals surface area (Å²) in [5.41, 5.74) is 4.62. The molecule has 0 atom stereocenters. The van der Waals surface area contributed by atoms with Crippen LogP contribution in [-0.2, 0) is 4.79 Å². The number of H-pyrrole nitrogens is 1. The third kappa shape index (κ3) is 3.75. The van der Waals surface area contributed by atoms with Crippen molar-refractivity contribution in [2.75, 3.05) is 11.1 Å². The summed E-state index contributed by atoms with van der Waals surface area (Å²) in [6.45, 7) is 1.68. The third-order valence-electron chi connectivity index (χ3n) is 4.31. The number of rotatable bonds is 5. The number of carbonyl (C=O) groups is 1. The minimum absolute atomic E-state index is 0.154. The Kier molecular flexibility index (Phi) is 5.08. The number of aromatic amines is 1. The van der Waals surface area contributed by atoms with Gasteiger partial charge in [0.25, 0.3) is 0 Å². The number of nitrogens with zero attached hydrogens (tertiary/aromatic N) is 2. The summed E-state index contributed by atoms with van der Waals surface area (Å²) in [4.78, 5) is 24.1. The fourth-order valence-electron chi connectivity index (χ4n) is 2.87. The van der Waals surface area contributed by atoms with Crippen LogP contribution in [-0.4, -0.2) is 26.6 Å². The fourth-order valence-corrected chi connectivity index (χ4v) is 3.63. The smallest absolute Gasteiger partial charge is 0.234 e. The molecule has 28 heavy (non-hydrogen) atoms. The average Bonchev–Trinajstić information content (AvgIpc) is 3.15. The monoisotopic (exact) mass is 392 g/mol. The summed E-state index contributed by atoms with van der Waals surface area (Å²) in [5.74, 6) is -0.418. The number of aryl methyl sites for hydroxylation is 1. The zero-order valence-electron chi connectivity index (χ0n) is 15.1. The Hall–Kier alpha value is -3.19. The maximum absolute atomic E-state index is 13.6. The van der Waals surface area contributed by atoms with E-state index in [4.69, 9.17) is 0 Å². The van der Waals surface area contributed by atoms with E-state index in [0.29, 0.717) is 16.3 Å². The topological polar surface area (TPSA) is 70.7 Å². The van der Waals surface area contributed by atoms with Crippen LogP contribution in [0.4, 0.5) is 10.1 Å². The Morgan fingerprint density at radius 2 is 2.00 bits per heavy atom. The maximum atomic E-state index is 13.6. The summed E-state index contributed by atoms with van der Waals surface area (Å²) in [6.07, 6.45) is 3.39. The first-order chi connectivity index (χ1) is 13.6. The number of thioether (sulfide) groups is 1. The molecule has 0 spiro atoms. The van der Waals surface area contributed by atoms with Gasteiger partial charge in [-0.1, -0.05) is 48.2 Å². The van der Waals surface area contributed by atoms with Gasteiger partial charge in [0.15, 0.2) is 0 Å². The van der Waals surface area contributed by atoms with Crippen LogP contribution in [0, 0.1) is 12.7 Å². The predicted octanol–water partition coefficient (Wildman–Crippen LogP) is 4.80. The molecular formula is C21H17FN4OS. The molecule has 0 unspecified atom stereocenters. The van der Waals surface area contributed by atoms with E-state index >= 15 is 0 Å². The largest absolute Gasteiger partial charge is 0.357 e. The van der Waals surface area contributed by atoms with Crippen LogP contribution in [0.2, 0.25) is 0 Å². The van der Waals surface area contributed by atoms with Crippen molar-refractivity contribution in [3.8, 4) is 11.1 Å². The first-order valence-corrected chi connectivity index (χ1v) is 9.66. The number of nitrogens with one attached hydrogen (secondary N) is 2. The highest BCUT2D eigenvalue weighted by Gasteiger charge is 2.13. The van der Waals surface area contributed by atoms with E-state index < -0.39 is 0 Å². The summed E-state index contributed by atoms with van der Waals surface area (Å²) in [5, 5.41) is 3.40. The van der Waals surface area contributed by atoms with Gasteiger partial charge in [-0.05, 0) is 30.2 Å². The highest BCUT2D eigenvalue weighted by Crippen LogP contribution is 2.31. The van der Waals surface area contributed by atoms with E-state index in [1.807, 2.05) is 36.5 Å². The van der Waals surface area contributed by atoms with Gasteiger partial charge in [-0.25, -0.2) is 14.4 Å². The van der Waals surface area contributed by atoms with Crippen molar-refractivity contribution in [1.82, 2.24) is 15.0 Å². The van der Waals surface area contributed by atoms with Gasteiger partial charge in [-0.15, -0.1) is 0 Å². The zero-order valence-corrected chi connectivity index (χ0v) is 15.9. The number of fused-ring (bicyclic) bond motifs is 1. The third-order valence-corrected chi connectivity index (χ3v) is 5.30. The highest BCUT2D eigenvalue weighted by atomic mass is 32.2. The second-order valence-electron chi connectivity index (χ2n) is 6.27. The number of aromatic nitrogens is 3. The molecule has 2 aromatic heterocycles. The van der Waals surface area contributed by atoms with Crippen molar-refractivity contribution in [2.24, 2.45) is 0 Å². The van der Waals surface area contributed by atoms with Crippen LogP contribution < -0.4 is 5.32 Å². The summed E-state index contributed by atoms with van der Waals surface area (Å²) in [7, 11) is 0. The molecular weight excluding hydrogens is 375 g/mol. The van der Waals surface area contributed by atoms with Crippen molar-refractivity contribution >= 4 is 34.4 Å². The molecule has 0 fully saturated rings. The second-order valence-corrected chi connectivity index (χ2v) is 7.24. The zero-order chi connectivity index (χ0) is 19.5. The number of benzene rings is 2. The quantitative estimate of drug-likeness (QED) is 0.378. The molecule has 1 amide bonds. The molecule has 0 bridgehead atoms. The van der Waals surface area contributed by atoms with E-state index in [1.54, 1.807) is 19.1 Å². The Bertz CT molecular complexity index is 1140. The molecule has 2 heterocycles. The molecule has 2 aromatic carbocycles. The lowest BCUT2D eigenvalue weighted by Crippen LogP contribution is -2.14. The number of hydrogen-bond donors (Lipinski definition) is 2. The summed E-state index contributed by atoms with van der Waals surface area (Å²) < 4.78 is 13.6. The standard InChI is InChI=1S/C21H17FN4OS/c1-13-7-8-15(9-17(13)22)26-18(27)11-28-21-20-19(24-12-25-21)16(10-23-20)14-5-3-2-4-6-14/h2-10,12,23H,11H2,1H3,(H,26,27). The van der Waals surface area contributed by atoms with Crippen LogP contribution in [0.15, 0.2) is 66.1 Å². The Morgan fingerprint density at radius 1 is 1.18 bits per heavy atom. The van der Waals surface area contributed by atoms with Crippen molar-refractivity contribution < 1.29 is 9.18 Å².